The molecule has 0 aromatic rings. The molecular weight excluding hydrogens is 107 g/mol. The zero-order valence-corrected chi connectivity index (χ0v) is 5.58. The highest BCUT2D eigenvalue weighted by Crippen LogP contribution is 2.36. The molecule has 0 amide bonds. The van der Waals surface area contributed by atoms with Gasteiger partial charge in [0.25, 0.3) is 0 Å². The number of hydrogen-bond acceptors (Lipinski definition) is 1. The summed E-state index contributed by atoms with van der Waals surface area (Å²) in [7, 11) is 0.00836. The van der Waals surface area contributed by atoms with Gasteiger partial charge in [-0.3, -0.25) is 0 Å². The third-order valence-electron chi connectivity index (χ3n) is 1.18. The molecule has 1 rings (SSSR count). The quantitative estimate of drug-likeness (QED) is 0.441. The van der Waals surface area contributed by atoms with Gasteiger partial charge in [-0.1, -0.05) is 0 Å². The maximum Gasteiger partial charge on any atom is 0.0508 e. The van der Waals surface area contributed by atoms with E-state index < -0.39 is 0 Å². The van der Waals surface area contributed by atoms with Crippen LogP contribution in [0.3, 0.4) is 0 Å². The lowest BCUT2D eigenvalue weighted by Crippen LogP contribution is -1.99. The minimum Gasteiger partial charge on any atom is -0.360 e. The van der Waals surface area contributed by atoms with E-state index in [-0.39, 0.29) is 8.15 Å². The summed E-state index contributed by atoms with van der Waals surface area (Å²) < 4.78 is 5.34. The summed E-state index contributed by atoms with van der Waals surface area (Å²) in [6, 6.07) is 0. The SMILES string of the molecule is CP1CCCCO1. The topological polar surface area (TPSA) is 9.23 Å². The van der Waals surface area contributed by atoms with Crippen molar-refractivity contribution >= 4 is 8.15 Å². The van der Waals surface area contributed by atoms with Crippen molar-refractivity contribution in [3.8, 4) is 0 Å². The van der Waals surface area contributed by atoms with Gasteiger partial charge in [0.05, 0.1) is 6.61 Å². The molecule has 1 nitrogen and oxygen atoms in total. The van der Waals surface area contributed by atoms with E-state index in [0.29, 0.717) is 0 Å². The largest absolute Gasteiger partial charge is 0.360 e. The minimum absolute atomic E-state index is 0.00836. The van der Waals surface area contributed by atoms with Gasteiger partial charge >= 0.3 is 0 Å². The molecule has 42 valence electrons. The van der Waals surface area contributed by atoms with Crippen molar-refractivity contribution < 1.29 is 4.52 Å². The first-order valence-corrected chi connectivity index (χ1v) is 4.63. The zero-order valence-electron chi connectivity index (χ0n) is 4.68. The van der Waals surface area contributed by atoms with Crippen LogP contribution in [-0.2, 0) is 4.52 Å². The maximum atomic E-state index is 5.34. The van der Waals surface area contributed by atoms with Gasteiger partial charge in [0.2, 0.25) is 0 Å². The third-order valence-corrected chi connectivity index (χ3v) is 2.75. The van der Waals surface area contributed by atoms with Gasteiger partial charge in [-0.2, -0.15) is 0 Å². The zero-order chi connectivity index (χ0) is 5.11. The van der Waals surface area contributed by atoms with Crippen LogP contribution in [0.5, 0.6) is 0 Å². The smallest absolute Gasteiger partial charge is 0.0508 e. The first-order chi connectivity index (χ1) is 3.39. The first kappa shape index (κ1) is 5.53. The van der Waals surface area contributed by atoms with Crippen molar-refractivity contribution in [1.29, 1.82) is 0 Å². The Morgan fingerprint density at radius 3 is 2.57 bits per heavy atom. The van der Waals surface area contributed by atoms with Crippen molar-refractivity contribution in [3.63, 3.8) is 0 Å². The van der Waals surface area contributed by atoms with E-state index in [1.165, 1.54) is 19.0 Å². The van der Waals surface area contributed by atoms with Crippen LogP contribution in [0, 0.1) is 0 Å². The summed E-state index contributed by atoms with van der Waals surface area (Å²) in [5.74, 6) is 0. The molecule has 0 N–H and O–H groups in total. The molecule has 2 heteroatoms. The van der Waals surface area contributed by atoms with Crippen molar-refractivity contribution in [2.75, 3.05) is 19.4 Å². The summed E-state index contributed by atoms with van der Waals surface area (Å²) in [4.78, 5) is 0. The van der Waals surface area contributed by atoms with Crippen LogP contribution >= 0.6 is 8.15 Å². The molecule has 0 aromatic heterocycles. The Hall–Kier alpha value is 0.390. The molecule has 0 radical (unpaired) electrons. The van der Waals surface area contributed by atoms with E-state index in [9.17, 15) is 0 Å². The van der Waals surface area contributed by atoms with E-state index >= 15 is 0 Å². The molecule has 0 spiro atoms. The van der Waals surface area contributed by atoms with Crippen LogP contribution in [0.4, 0.5) is 0 Å². The maximum absolute atomic E-state index is 5.34. The molecule has 1 aliphatic heterocycles. The fourth-order valence-electron chi connectivity index (χ4n) is 0.721. The summed E-state index contributed by atoms with van der Waals surface area (Å²) >= 11 is 0. The van der Waals surface area contributed by atoms with Crippen LogP contribution < -0.4 is 0 Å². The number of hydrogen-bond donors (Lipinski definition) is 0. The molecule has 7 heavy (non-hydrogen) atoms. The first-order valence-electron chi connectivity index (χ1n) is 2.73. The Morgan fingerprint density at radius 2 is 2.29 bits per heavy atom. The highest BCUT2D eigenvalue weighted by atomic mass is 31.1. The second kappa shape index (κ2) is 2.64. The summed E-state index contributed by atoms with van der Waals surface area (Å²) in [5, 5.41) is 0. The molecule has 0 aromatic carbocycles. The molecule has 1 aliphatic rings. The molecule has 1 heterocycles. The Balaban J connectivity index is 2.12. The second-order valence-electron chi connectivity index (χ2n) is 1.89. The van der Waals surface area contributed by atoms with Gasteiger partial charge in [-0.05, 0) is 25.7 Å². The Bertz CT molecular complexity index is 50.0. The molecule has 1 unspecified atom stereocenters. The fraction of sp³-hybridized carbons (Fsp3) is 1.00. The van der Waals surface area contributed by atoms with Crippen LogP contribution in [0.1, 0.15) is 12.8 Å². The highest BCUT2D eigenvalue weighted by Gasteiger charge is 2.05. The van der Waals surface area contributed by atoms with Crippen LogP contribution in [-0.4, -0.2) is 19.4 Å². The summed E-state index contributed by atoms with van der Waals surface area (Å²) in [6.45, 7) is 3.22. The van der Waals surface area contributed by atoms with Crippen molar-refractivity contribution in [3.05, 3.63) is 0 Å². The number of rotatable bonds is 0. The minimum atomic E-state index is 0.00836. The molecule has 1 fully saturated rings. The Kier molecular flexibility index (Phi) is 2.08. The van der Waals surface area contributed by atoms with Gasteiger partial charge < -0.3 is 4.52 Å². The molecule has 0 aliphatic carbocycles. The highest BCUT2D eigenvalue weighted by molar-refractivity contribution is 7.51. The van der Waals surface area contributed by atoms with Gasteiger partial charge in [-0.25, -0.2) is 0 Å². The fourth-order valence-corrected chi connectivity index (χ4v) is 1.96. The molecule has 1 saturated heterocycles. The van der Waals surface area contributed by atoms with Crippen LogP contribution in [0.2, 0.25) is 0 Å². The van der Waals surface area contributed by atoms with Crippen molar-refractivity contribution in [1.82, 2.24) is 0 Å². The standard InChI is InChI=1S/C5H11OP/c1-7-5-3-2-4-6-7/h2-5H2,1H3. The third kappa shape index (κ3) is 1.75. The normalized spacial score (nSPS) is 33.0. The van der Waals surface area contributed by atoms with Gasteiger partial charge in [0.1, 0.15) is 0 Å². The van der Waals surface area contributed by atoms with E-state index in [1.54, 1.807) is 0 Å². The predicted octanol–water partition coefficient (Wildman–Crippen LogP) is 1.82. The lowest BCUT2D eigenvalue weighted by molar-refractivity contribution is 0.325. The second-order valence-corrected chi connectivity index (χ2v) is 3.85. The van der Waals surface area contributed by atoms with E-state index in [0.717, 1.165) is 6.61 Å². The van der Waals surface area contributed by atoms with Crippen LogP contribution in [0.25, 0.3) is 0 Å². The van der Waals surface area contributed by atoms with Gasteiger partial charge in [0, 0.05) is 8.15 Å². The Labute approximate surface area is 45.9 Å². The summed E-state index contributed by atoms with van der Waals surface area (Å²) in [6.07, 6.45) is 4.00. The van der Waals surface area contributed by atoms with E-state index in [2.05, 4.69) is 6.66 Å². The van der Waals surface area contributed by atoms with Gasteiger partial charge in [-0.15, -0.1) is 0 Å². The average molecular weight is 118 g/mol. The van der Waals surface area contributed by atoms with E-state index in [1.807, 2.05) is 0 Å². The van der Waals surface area contributed by atoms with Crippen LogP contribution in [0.15, 0.2) is 0 Å². The molecule has 0 bridgehead atoms. The molecule has 0 saturated carbocycles. The average Bonchev–Trinajstić information content (AvgIpc) is 1.69. The lowest BCUT2D eigenvalue weighted by Gasteiger charge is -2.17. The van der Waals surface area contributed by atoms with Gasteiger partial charge in [0.15, 0.2) is 0 Å². The van der Waals surface area contributed by atoms with E-state index in [4.69, 9.17) is 4.52 Å². The summed E-state index contributed by atoms with van der Waals surface area (Å²) in [5.41, 5.74) is 0. The van der Waals surface area contributed by atoms with Crippen molar-refractivity contribution in [2.45, 2.75) is 12.8 Å². The predicted molar refractivity (Wildman–Crippen MR) is 32.9 cm³/mol. The molecule has 1 atom stereocenters. The Morgan fingerprint density at radius 1 is 1.43 bits per heavy atom. The van der Waals surface area contributed by atoms with Crippen molar-refractivity contribution in [2.24, 2.45) is 0 Å². The monoisotopic (exact) mass is 118 g/mol. The molecular formula is C5H11OP. The lowest BCUT2D eigenvalue weighted by atomic mass is 10.4.